The Labute approximate surface area is 148 Å². The van der Waals surface area contributed by atoms with Crippen molar-refractivity contribution in [3.05, 3.63) is 29.8 Å². The van der Waals surface area contributed by atoms with Gasteiger partial charge in [-0.1, -0.05) is 26.0 Å². The predicted molar refractivity (Wildman–Crippen MR) is 95.5 cm³/mol. The molecule has 6 heteroatoms. The third-order valence-corrected chi connectivity index (χ3v) is 5.48. The molecule has 1 heterocycles. The Morgan fingerprint density at radius 1 is 1.44 bits per heavy atom. The highest BCUT2D eigenvalue weighted by atomic mass is 16.4. The van der Waals surface area contributed by atoms with Crippen molar-refractivity contribution in [1.29, 1.82) is 0 Å². The van der Waals surface area contributed by atoms with E-state index in [0.717, 1.165) is 25.1 Å². The zero-order valence-electron chi connectivity index (χ0n) is 15.2. The van der Waals surface area contributed by atoms with Crippen molar-refractivity contribution in [1.82, 2.24) is 10.2 Å². The zero-order chi connectivity index (χ0) is 18.6. The average molecular weight is 348 g/mol. The van der Waals surface area contributed by atoms with E-state index in [9.17, 15) is 14.7 Å². The van der Waals surface area contributed by atoms with Crippen LogP contribution < -0.4 is 5.32 Å². The van der Waals surface area contributed by atoms with Gasteiger partial charge in [0.05, 0.1) is 0 Å². The largest absolute Gasteiger partial charge is 0.508 e. The number of amides is 1. The molecule has 0 unspecified atom stereocenters. The first kappa shape index (κ1) is 19.2. The number of hydrogen-bond acceptors (Lipinski definition) is 4. The minimum Gasteiger partial charge on any atom is -0.508 e. The minimum atomic E-state index is -1.03. The molecule has 1 aromatic rings. The van der Waals surface area contributed by atoms with Crippen LogP contribution in [0.3, 0.4) is 0 Å². The van der Waals surface area contributed by atoms with E-state index in [-0.39, 0.29) is 17.1 Å². The molecule has 1 aromatic carbocycles. The lowest BCUT2D eigenvalue weighted by Gasteiger charge is -2.45. The molecule has 0 spiro atoms. The molecule has 6 nitrogen and oxygen atoms in total. The standard InChI is InChI=1S/C19H28N2O4/c1-13-12-21(9-7-17(23)20-14(2)18(24)25)10-8-19(13,3)15-5-4-6-16(22)11-15/h4-6,11,13-14,22H,7-10,12H2,1-3H3,(H,20,23)(H,24,25)/t13-,14+,19+/m0/s1. The number of benzene rings is 1. The summed E-state index contributed by atoms with van der Waals surface area (Å²) in [6.07, 6.45) is 1.25. The van der Waals surface area contributed by atoms with Crippen LogP contribution in [0.15, 0.2) is 24.3 Å². The van der Waals surface area contributed by atoms with Crippen molar-refractivity contribution >= 4 is 11.9 Å². The SMILES string of the molecule is C[C@@H](NC(=O)CCN1CC[C@@](C)(c2cccc(O)c2)[C@@H](C)C1)C(=O)O. The fourth-order valence-corrected chi connectivity index (χ4v) is 3.44. The topological polar surface area (TPSA) is 89.9 Å². The molecule has 1 aliphatic rings. The summed E-state index contributed by atoms with van der Waals surface area (Å²) in [5.74, 6) is -0.590. The van der Waals surface area contributed by atoms with Crippen molar-refractivity contribution < 1.29 is 19.8 Å². The van der Waals surface area contributed by atoms with Gasteiger partial charge in [0.1, 0.15) is 11.8 Å². The van der Waals surface area contributed by atoms with Crippen molar-refractivity contribution in [2.45, 2.75) is 45.1 Å². The summed E-state index contributed by atoms with van der Waals surface area (Å²) in [5.41, 5.74) is 1.14. The van der Waals surface area contributed by atoms with Crippen molar-refractivity contribution in [2.75, 3.05) is 19.6 Å². The lowest BCUT2D eigenvalue weighted by molar-refractivity contribution is -0.141. The summed E-state index contributed by atoms with van der Waals surface area (Å²) in [6, 6.07) is 6.60. The normalized spacial score (nSPS) is 25.3. The number of phenolic OH excluding ortho intramolecular Hbond substituents is 1. The number of aliphatic carboxylic acids is 1. The van der Waals surface area contributed by atoms with Crippen LogP contribution in [0.1, 0.15) is 39.2 Å². The Hall–Kier alpha value is -2.08. The van der Waals surface area contributed by atoms with Crippen LogP contribution in [0.2, 0.25) is 0 Å². The van der Waals surface area contributed by atoms with E-state index in [4.69, 9.17) is 5.11 Å². The van der Waals surface area contributed by atoms with Gasteiger partial charge in [-0.2, -0.15) is 0 Å². The number of carboxylic acids is 1. The van der Waals surface area contributed by atoms with Crippen molar-refractivity contribution in [3.63, 3.8) is 0 Å². The summed E-state index contributed by atoms with van der Waals surface area (Å²) < 4.78 is 0. The molecule has 138 valence electrons. The van der Waals surface area contributed by atoms with Crippen LogP contribution >= 0.6 is 0 Å². The summed E-state index contributed by atoms with van der Waals surface area (Å²) in [5, 5.41) is 21.1. The van der Waals surface area contributed by atoms with E-state index in [0.29, 0.717) is 18.9 Å². The van der Waals surface area contributed by atoms with Gasteiger partial charge >= 0.3 is 5.97 Å². The molecule has 2 rings (SSSR count). The highest BCUT2D eigenvalue weighted by Gasteiger charge is 2.38. The van der Waals surface area contributed by atoms with Crippen LogP contribution in [0.25, 0.3) is 0 Å². The van der Waals surface area contributed by atoms with Gasteiger partial charge in [-0.25, -0.2) is 0 Å². The van der Waals surface area contributed by atoms with Gasteiger partial charge in [0.25, 0.3) is 0 Å². The Morgan fingerprint density at radius 2 is 2.16 bits per heavy atom. The number of hydrogen-bond donors (Lipinski definition) is 3. The third-order valence-electron chi connectivity index (χ3n) is 5.48. The van der Waals surface area contributed by atoms with E-state index >= 15 is 0 Å². The monoisotopic (exact) mass is 348 g/mol. The number of piperidine rings is 1. The van der Waals surface area contributed by atoms with Gasteiger partial charge in [-0.05, 0) is 48.9 Å². The number of carboxylic acid groups (broad SMARTS) is 1. The first-order valence-corrected chi connectivity index (χ1v) is 8.76. The molecule has 0 saturated carbocycles. The highest BCUT2D eigenvalue weighted by Crippen LogP contribution is 2.40. The van der Waals surface area contributed by atoms with E-state index < -0.39 is 12.0 Å². The first-order chi connectivity index (χ1) is 11.7. The van der Waals surface area contributed by atoms with Crippen molar-refractivity contribution in [2.24, 2.45) is 5.92 Å². The quantitative estimate of drug-likeness (QED) is 0.731. The predicted octanol–water partition coefficient (Wildman–Crippen LogP) is 1.97. The van der Waals surface area contributed by atoms with Gasteiger partial charge in [-0.3, -0.25) is 9.59 Å². The fourth-order valence-electron chi connectivity index (χ4n) is 3.44. The van der Waals surface area contributed by atoms with Crippen LogP contribution in [0.4, 0.5) is 0 Å². The molecule has 0 radical (unpaired) electrons. The lowest BCUT2D eigenvalue weighted by Crippen LogP contribution is -2.48. The lowest BCUT2D eigenvalue weighted by atomic mass is 9.68. The van der Waals surface area contributed by atoms with E-state index in [1.54, 1.807) is 6.07 Å². The van der Waals surface area contributed by atoms with Gasteiger partial charge < -0.3 is 20.4 Å². The number of carbonyl (C=O) groups is 2. The smallest absolute Gasteiger partial charge is 0.325 e. The Balaban J connectivity index is 1.89. The first-order valence-electron chi connectivity index (χ1n) is 8.76. The maximum absolute atomic E-state index is 11.8. The van der Waals surface area contributed by atoms with Crippen molar-refractivity contribution in [3.8, 4) is 5.75 Å². The maximum atomic E-state index is 11.8. The fraction of sp³-hybridized carbons (Fsp3) is 0.579. The number of carbonyl (C=O) groups excluding carboxylic acids is 1. The summed E-state index contributed by atoms with van der Waals surface area (Å²) in [7, 11) is 0. The van der Waals surface area contributed by atoms with Crippen LogP contribution in [0.5, 0.6) is 5.75 Å². The summed E-state index contributed by atoms with van der Waals surface area (Å²) >= 11 is 0. The van der Waals surface area contributed by atoms with E-state index in [1.165, 1.54) is 6.92 Å². The number of rotatable bonds is 6. The average Bonchev–Trinajstić information content (AvgIpc) is 2.56. The van der Waals surface area contributed by atoms with Gasteiger partial charge in [0.15, 0.2) is 0 Å². The number of likely N-dealkylation sites (tertiary alicyclic amines) is 1. The molecule has 25 heavy (non-hydrogen) atoms. The molecule has 0 aliphatic carbocycles. The Morgan fingerprint density at radius 3 is 2.76 bits per heavy atom. The Bertz CT molecular complexity index is 634. The summed E-state index contributed by atoms with van der Waals surface area (Å²) in [6.45, 7) is 8.25. The maximum Gasteiger partial charge on any atom is 0.325 e. The molecule has 1 amide bonds. The molecule has 0 aromatic heterocycles. The number of aromatic hydroxyl groups is 1. The van der Waals surface area contributed by atoms with E-state index in [1.807, 2.05) is 12.1 Å². The molecule has 1 saturated heterocycles. The van der Waals surface area contributed by atoms with Gasteiger partial charge in [0, 0.05) is 19.5 Å². The number of nitrogens with zero attached hydrogens (tertiary/aromatic N) is 1. The van der Waals surface area contributed by atoms with Crippen LogP contribution in [0, 0.1) is 5.92 Å². The molecule has 1 fully saturated rings. The zero-order valence-corrected chi connectivity index (χ0v) is 15.2. The summed E-state index contributed by atoms with van der Waals surface area (Å²) in [4.78, 5) is 24.9. The van der Waals surface area contributed by atoms with Gasteiger partial charge in [0.2, 0.25) is 5.91 Å². The highest BCUT2D eigenvalue weighted by molar-refractivity contribution is 5.83. The minimum absolute atomic E-state index is 0.00464. The number of phenols is 1. The molecule has 1 aliphatic heterocycles. The third kappa shape index (κ3) is 4.72. The second kappa shape index (κ2) is 7.87. The second-order valence-electron chi connectivity index (χ2n) is 7.30. The molecule has 0 bridgehead atoms. The van der Waals surface area contributed by atoms with Gasteiger partial charge in [-0.15, -0.1) is 0 Å². The van der Waals surface area contributed by atoms with E-state index in [2.05, 4.69) is 30.1 Å². The molecular weight excluding hydrogens is 320 g/mol. The Kier molecular flexibility index (Phi) is 6.06. The second-order valence-corrected chi connectivity index (χ2v) is 7.30. The molecule has 3 N–H and O–H groups in total. The molecular formula is C19H28N2O4. The van der Waals surface area contributed by atoms with Crippen LogP contribution in [-0.2, 0) is 15.0 Å². The molecule has 3 atom stereocenters. The van der Waals surface area contributed by atoms with Crippen LogP contribution in [-0.4, -0.2) is 52.7 Å². The number of nitrogens with one attached hydrogen (secondary N) is 1.